The topological polar surface area (TPSA) is 94.8 Å². The smallest absolute Gasteiger partial charge is 0.407 e. The molecule has 2 atom stereocenters. The summed E-state index contributed by atoms with van der Waals surface area (Å²) in [5.41, 5.74) is -1.47. The SMILES string of the molecule is CCOC(=O)[C@@]1([C@@H](NC(=O)OC)c2ccco2)CCCC1=O. The molecule has 0 saturated heterocycles. The predicted octanol–water partition coefficient (Wildman–Crippen LogP) is 1.98. The molecule has 120 valence electrons. The fourth-order valence-electron chi connectivity index (χ4n) is 2.86. The van der Waals surface area contributed by atoms with E-state index in [1.807, 2.05) is 0 Å². The van der Waals surface area contributed by atoms with Gasteiger partial charge in [0.05, 0.1) is 20.0 Å². The van der Waals surface area contributed by atoms with Crippen LogP contribution in [0.3, 0.4) is 0 Å². The van der Waals surface area contributed by atoms with Gasteiger partial charge in [-0.2, -0.15) is 0 Å². The van der Waals surface area contributed by atoms with Crippen LogP contribution in [0.5, 0.6) is 0 Å². The number of hydrogen-bond donors (Lipinski definition) is 1. The molecule has 7 heteroatoms. The number of carbonyl (C=O) groups excluding carboxylic acids is 3. The highest BCUT2D eigenvalue weighted by atomic mass is 16.5. The van der Waals surface area contributed by atoms with Crippen LogP contribution in [-0.2, 0) is 19.1 Å². The highest BCUT2D eigenvalue weighted by molar-refractivity contribution is 6.06. The van der Waals surface area contributed by atoms with Crippen LogP contribution >= 0.6 is 0 Å². The Bertz CT molecular complexity index is 552. The maximum absolute atomic E-state index is 12.5. The molecule has 1 heterocycles. The molecule has 0 radical (unpaired) electrons. The zero-order valence-corrected chi connectivity index (χ0v) is 12.6. The summed E-state index contributed by atoms with van der Waals surface area (Å²) in [6.45, 7) is 1.82. The summed E-state index contributed by atoms with van der Waals surface area (Å²) in [5.74, 6) is -0.590. The second-order valence-corrected chi connectivity index (χ2v) is 5.05. The first-order valence-electron chi connectivity index (χ1n) is 7.14. The summed E-state index contributed by atoms with van der Waals surface area (Å²) in [4.78, 5) is 36.7. The Morgan fingerprint density at radius 1 is 1.50 bits per heavy atom. The van der Waals surface area contributed by atoms with Gasteiger partial charge in [0.25, 0.3) is 0 Å². The number of hydrogen-bond acceptors (Lipinski definition) is 6. The molecule has 1 aromatic heterocycles. The van der Waals surface area contributed by atoms with Crippen molar-refractivity contribution in [3.63, 3.8) is 0 Å². The number of esters is 1. The third kappa shape index (κ3) is 2.70. The molecule has 1 amide bonds. The van der Waals surface area contributed by atoms with Gasteiger partial charge in [-0.15, -0.1) is 0 Å². The van der Waals surface area contributed by atoms with E-state index < -0.39 is 23.5 Å². The number of alkyl carbamates (subject to hydrolysis) is 1. The molecule has 0 aliphatic heterocycles. The van der Waals surface area contributed by atoms with E-state index in [0.717, 1.165) is 0 Å². The van der Waals surface area contributed by atoms with E-state index in [1.165, 1.54) is 13.4 Å². The average molecular weight is 309 g/mol. The lowest BCUT2D eigenvalue weighted by Crippen LogP contribution is -2.49. The third-order valence-corrected chi connectivity index (χ3v) is 3.88. The molecule has 0 unspecified atom stereocenters. The van der Waals surface area contributed by atoms with E-state index in [9.17, 15) is 14.4 Å². The molecule has 1 aliphatic rings. The van der Waals surface area contributed by atoms with Crippen LogP contribution in [-0.4, -0.2) is 31.6 Å². The van der Waals surface area contributed by atoms with Crippen molar-refractivity contribution in [2.45, 2.75) is 32.2 Å². The Morgan fingerprint density at radius 2 is 2.27 bits per heavy atom. The van der Waals surface area contributed by atoms with Gasteiger partial charge in [-0.25, -0.2) is 4.79 Å². The zero-order chi connectivity index (χ0) is 16.2. The first-order valence-corrected chi connectivity index (χ1v) is 7.14. The highest BCUT2D eigenvalue weighted by Crippen LogP contribution is 2.46. The molecule has 0 spiro atoms. The molecule has 1 fully saturated rings. The van der Waals surface area contributed by atoms with Gasteiger partial charge in [-0.1, -0.05) is 0 Å². The molecule has 0 bridgehead atoms. The van der Waals surface area contributed by atoms with Gasteiger partial charge in [0, 0.05) is 6.42 Å². The molecule has 1 N–H and O–H groups in total. The van der Waals surface area contributed by atoms with Crippen LogP contribution in [0, 0.1) is 5.41 Å². The van der Waals surface area contributed by atoms with Gasteiger partial charge in [0.1, 0.15) is 11.8 Å². The van der Waals surface area contributed by atoms with Crippen LogP contribution in [0.4, 0.5) is 4.79 Å². The lowest BCUT2D eigenvalue weighted by molar-refractivity contribution is -0.161. The first-order chi connectivity index (χ1) is 10.6. The van der Waals surface area contributed by atoms with Gasteiger partial charge in [0.15, 0.2) is 11.2 Å². The Kier molecular flexibility index (Phi) is 4.85. The molecule has 2 rings (SSSR count). The van der Waals surface area contributed by atoms with Gasteiger partial charge in [-0.05, 0) is 31.9 Å². The van der Waals surface area contributed by atoms with Gasteiger partial charge in [0.2, 0.25) is 0 Å². The van der Waals surface area contributed by atoms with E-state index in [1.54, 1.807) is 19.1 Å². The Balaban J connectivity index is 2.46. The van der Waals surface area contributed by atoms with Crippen LogP contribution in [0.15, 0.2) is 22.8 Å². The van der Waals surface area contributed by atoms with Crippen molar-refractivity contribution in [1.82, 2.24) is 5.32 Å². The monoisotopic (exact) mass is 309 g/mol. The number of Topliss-reactive ketones (excluding diaryl/α,β-unsaturated/α-hetero) is 1. The number of ether oxygens (including phenoxy) is 2. The third-order valence-electron chi connectivity index (χ3n) is 3.88. The number of amides is 1. The highest BCUT2D eigenvalue weighted by Gasteiger charge is 2.57. The largest absolute Gasteiger partial charge is 0.467 e. The molecular formula is C15H19NO6. The van der Waals surface area contributed by atoms with E-state index in [0.29, 0.717) is 18.6 Å². The normalized spacial score (nSPS) is 22.2. The van der Waals surface area contributed by atoms with Crippen molar-refractivity contribution in [3.8, 4) is 0 Å². The number of furan rings is 1. The minimum absolute atomic E-state index is 0.150. The fraction of sp³-hybridized carbons (Fsp3) is 0.533. The predicted molar refractivity (Wildman–Crippen MR) is 74.9 cm³/mol. The average Bonchev–Trinajstić information content (AvgIpc) is 3.15. The fourth-order valence-corrected chi connectivity index (χ4v) is 2.86. The summed E-state index contributed by atoms with van der Waals surface area (Å²) in [6.07, 6.45) is 1.78. The van der Waals surface area contributed by atoms with Crippen molar-refractivity contribution in [3.05, 3.63) is 24.2 Å². The van der Waals surface area contributed by atoms with Crippen molar-refractivity contribution in [2.75, 3.05) is 13.7 Å². The summed E-state index contributed by atoms with van der Waals surface area (Å²) < 4.78 is 15.0. The summed E-state index contributed by atoms with van der Waals surface area (Å²) in [5, 5.41) is 2.55. The summed E-state index contributed by atoms with van der Waals surface area (Å²) >= 11 is 0. The minimum atomic E-state index is -1.47. The van der Waals surface area contributed by atoms with E-state index in [-0.39, 0.29) is 18.8 Å². The molecule has 7 nitrogen and oxygen atoms in total. The van der Waals surface area contributed by atoms with Crippen LogP contribution in [0.2, 0.25) is 0 Å². The van der Waals surface area contributed by atoms with Gasteiger partial charge >= 0.3 is 12.1 Å². The molecule has 1 aromatic rings. The number of nitrogens with one attached hydrogen (secondary N) is 1. The maximum atomic E-state index is 12.5. The number of carbonyl (C=O) groups is 3. The maximum Gasteiger partial charge on any atom is 0.407 e. The second-order valence-electron chi connectivity index (χ2n) is 5.05. The molecule has 22 heavy (non-hydrogen) atoms. The van der Waals surface area contributed by atoms with Crippen LogP contribution < -0.4 is 5.32 Å². The second kappa shape index (κ2) is 6.64. The lowest BCUT2D eigenvalue weighted by atomic mass is 9.76. The van der Waals surface area contributed by atoms with Crippen LogP contribution in [0.25, 0.3) is 0 Å². The Labute approximate surface area is 127 Å². The molecular weight excluding hydrogens is 290 g/mol. The molecule has 0 aromatic carbocycles. The minimum Gasteiger partial charge on any atom is -0.467 e. The molecule has 1 aliphatic carbocycles. The standard InChI is InChI=1S/C15H19NO6/c1-3-21-13(18)15(8-4-7-11(15)17)12(16-14(19)20-2)10-6-5-9-22-10/h5-6,9,12H,3-4,7-8H2,1-2H3,(H,16,19)/t12-,15-/m0/s1. The van der Waals surface area contributed by atoms with Gasteiger partial charge < -0.3 is 19.2 Å². The van der Waals surface area contributed by atoms with Crippen molar-refractivity contribution < 1.29 is 28.3 Å². The van der Waals surface area contributed by atoms with Crippen LogP contribution in [0.1, 0.15) is 38.0 Å². The first kappa shape index (κ1) is 16.1. The summed E-state index contributed by atoms with van der Waals surface area (Å²) in [7, 11) is 1.21. The van der Waals surface area contributed by atoms with E-state index in [2.05, 4.69) is 10.1 Å². The van der Waals surface area contributed by atoms with E-state index in [4.69, 9.17) is 9.15 Å². The lowest BCUT2D eigenvalue weighted by Gasteiger charge is -2.32. The van der Waals surface area contributed by atoms with Crippen molar-refractivity contribution in [2.24, 2.45) is 5.41 Å². The molecule has 1 saturated carbocycles. The quantitative estimate of drug-likeness (QED) is 0.660. The Morgan fingerprint density at radius 3 is 2.77 bits per heavy atom. The number of rotatable bonds is 5. The zero-order valence-electron chi connectivity index (χ0n) is 12.6. The summed E-state index contributed by atoms with van der Waals surface area (Å²) in [6, 6.07) is 2.27. The Hall–Kier alpha value is -2.31. The van der Waals surface area contributed by atoms with E-state index >= 15 is 0 Å². The number of methoxy groups -OCH3 is 1. The van der Waals surface area contributed by atoms with Crippen molar-refractivity contribution >= 4 is 17.8 Å². The van der Waals surface area contributed by atoms with Gasteiger partial charge in [-0.3, -0.25) is 9.59 Å². The number of ketones is 1. The van der Waals surface area contributed by atoms with Crippen molar-refractivity contribution in [1.29, 1.82) is 0 Å².